The zero-order chi connectivity index (χ0) is 9.97. The number of esters is 1. The molecule has 1 aliphatic rings. The van der Waals surface area contributed by atoms with Crippen LogP contribution in [0.25, 0.3) is 0 Å². The molecule has 2 rings (SSSR count). The lowest BCUT2D eigenvalue weighted by molar-refractivity contribution is 0.00834. The highest BCUT2D eigenvalue weighted by Crippen LogP contribution is 2.22. The molecule has 1 aromatic heterocycles. The smallest absolute Gasteiger partial charge is 0.355 e. The standard InChI is InChI=1S/C10H11NO3/c12-9-6-2-5-8(11-9)10(13)14-7-3-1-4-7/h2,5-7H,1,3-4H2,(H,11,12). The zero-order valence-electron chi connectivity index (χ0n) is 7.66. The quantitative estimate of drug-likeness (QED) is 0.715. The molecule has 0 spiro atoms. The molecule has 4 heteroatoms. The molecule has 0 bridgehead atoms. The summed E-state index contributed by atoms with van der Waals surface area (Å²) in [6, 6.07) is 4.44. The lowest BCUT2D eigenvalue weighted by Crippen LogP contribution is -2.26. The molecule has 1 fully saturated rings. The van der Waals surface area contributed by atoms with E-state index in [9.17, 15) is 9.59 Å². The van der Waals surface area contributed by atoms with Crippen LogP contribution < -0.4 is 5.56 Å². The zero-order valence-corrected chi connectivity index (χ0v) is 7.66. The second-order valence-corrected chi connectivity index (χ2v) is 3.39. The van der Waals surface area contributed by atoms with E-state index in [1.165, 1.54) is 12.1 Å². The predicted octanol–water partition coefficient (Wildman–Crippen LogP) is 1.08. The summed E-state index contributed by atoms with van der Waals surface area (Å²) in [6.07, 6.45) is 3.03. The van der Waals surface area contributed by atoms with Crippen LogP contribution in [0.2, 0.25) is 0 Å². The molecule has 1 N–H and O–H groups in total. The number of hydrogen-bond acceptors (Lipinski definition) is 3. The molecule has 1 heterocycles. The number of pyridine rings is 1. The first-order chi connectivity index (χ1) is 6.75. The molecule has 0 radical (unpaired) electrons. The van der Waals surface area contributed by atoms with Gasteiger partial charge in [-0.25, -0.2) is 4.79 Å². The maximum Gasteiger partial charge on any atom is 0.355 e. The summed E-state index contributed by atoms with van der Waals surface area (Å²) < 4.78 is 5.12. The van der Waals surface area contributed by atoms with Gasteiger partial charge in [0.05, 0.1) is 0 Å². The van der Waals surface area contributed by atoms with Gasteiger partial charge < -0.3 is 9.72 Å². The molecule has 0 aliphatic heterocycles. The fraction of sp³-hybridized carbons (Fsp3) is 0.400. The van der Waals surface area contributed by atoms with Gasteiger partial charge in [-0.1, -0.05) is 6.07 Å². The fourth-order valence-electron chi connectivity index (χ4n) is 1.27. The molecule has 0 atom stereocenters. The average molecular weight is 193 g/mol. The number of carbonyl (C=O) groups excluding carboxylic acids is 1. The van der Waals surface area contributed by atoms with Crippen LogP contribution in [0, 0.1) is 0 Å². The van der Waals surface area contributed by atoms with Crippen molar-refractivity contribution in [2.45, 2.75) is 25.4 Å². The highest BCUT2D eigenvalue weighted by Gasteiger charge is 2.22. The summed E-state index contributed by atoms with van der Waals surface area (Å²) in [5, 5.41) is 0. The van der Waals surface area contributed by atoms with E-state index in [1.54, 1.807) is 6.07 Å². The summed E-state index contributed by atoms with van der Waals surface area (Å²) >= 11 is 0. The van der Waals surface area contributed by atoms with Gasteiger partial charge in [-0.05, 0) is 25.3 Å². The largest absolute Gasteiger partial charge is 0.458 e. The van der Waals surface area contributed by atoms with Crippen molar-refractivity contribution in [3.63, 3.8) is 0 Å². The van der Waals surface area contributed by atoms with Crippen LogP contribution in [0.5, 0.6) is 0 Å². The number of aromatic nitrogens is 1. The van der Waals surface area contributed by atoms with Crippen LogP contribution in [0.4, 0.5) is 0 Å². The number of rotatable bonds is 2. The van der Waals surface area contributed by atoms with Crippen LogP contribution in [0.15, 0.2) is 23.0 Å². The summed E-state index contributed by atoms with van der Waals surface area (Å²) in [5.41, 5.74) is -0.0579. The Kier molecular flexibility index (Phi) is 2.35. The normalized spacial score (nSPS) is 16.0. The molecule has 0 amide bonds. The summed E-state index contributed by atoms with van der Waals surface area (Å²) in [6.45, 7) is 0. The van der Waals surface area contributed by atoms with Crippen LogP contribution in [0.1, 0.15) is 29.8 Å². The van der Waals surface area contributed by atoms with E-state index in [0.29, 0.717) is 0 Å². The van der Waals surface area contributed by atoms with Crippen molar-refractivity contribution in [3.05, 3.63) is 34.2 Å². The molecule has 74 valence electrons. The van der Waals surface area contributed by atoms with Gasteiger partial charge in [-0.15, -0.1) is 0 Å². The van der Waals surface area contributed by atoms with E-state index in [0.717, 1.165) is 19.3 Å². The fourth-order valence-corrected chi connectivity index (χ4v) is 1.27. The molecule has 0 unspecified atom stereocenters. The summed E-state index contributed by atoms with van der Waals surface area (Å²) in [4.78, 5) is 24.7. The third-order valence-electron chi connectivity index (χ3n) is 2.31. The average Bonchev–Trinajstić information content (AvgIpc) is 2.11. The number of aromatic amines is 1. The van der Waals surface area contributed by atoms with E-state index in [2.05, 4.69) is 4.98 Å². The van der Waals surface area contributed by atoms with Gasteiger partial charge in [-0.2, -0.15) is 0 Å². The predicted molar refractivity (Wildman–Crippen MR) is 50.1 cm³/mol. The van der Waals surface area contributed by atoms with Crippen LogP contribution >= 0.6 is 0 Å². The monoisotopic (exact) mass is 193 g/mol. The Morgan fingerprint density at radius 1 is 1.43 bits per heavy atom. The van der Waals surface area contributed by atoms with Crippen molar-refractivity contribution in [2.24, 2.45) is 0 Å². The Balaban J connectivity index is 2.06. The maximum absolute atomic E-state index is 11.4. The van der Waals surface area contributed by atoms with Gasteiger partial charge in [0.15, 0.2) is 0 Å². The van der Waals surface area contributed by atoms with E-state index in [1.807, 2.05) is 0 Å². The topological polar surface area (TPSA) is 59.2 Å². The maximum atomic E-state index is 11.4. The molecule has 0 aromatic carbocycles. The minimum absolute atomic E-state index is 0.0474. The second kappa shape index (κ2) is 3.65. The number of carbonyl (C=O) groups is 1. The van der Waals surface area contributed by atoms with Crippen molar-refractivity contribution in [1.82, 2.24) is 4.98 Å². The van der Waals surface area contributed by atoms with Gasteiger partial charge >= 0.3 is 5.97 Å². The lowest BCUT2D eigenvalue weighted by Gasteiger charge is -2.24. The Labute approximate surface area is 80.9 Å². The van der Waals surface area contributed by atoms with Crippen LogP contribution in [-0.4, -0.2) is 17.1 Å². The highest BCUT2D eigenvalue weighted by molar-refractivity contribution is 5.87. The first kappa shape index (κ1) is 8.99. The number of hydrogen-bond donors (Lipinski definition) is 1. The third kappa shape index (κ3) is 1.84. The molecular weight excluding hydrogens is 182 g/mol. The van der Waals surface area contributed by atoms with Gasteiger partial charge in [0.1, 0.15) is 11.8 Å². The Morgan fingerprint density at radius 3 is 2.79 bits per heavy atom. The van der Waals surface area contributed by atoms with Gasteiger partial charge in [-0.3, -0.25) is 4.79 Å². The number of H-pyrrole nitrogens is 1. The molecule has 14 heavy (non-hydrogen) atoms. The van der Waals surface area contributed by atoms with E-state index >= 15 is 0 Å². The lowest BCUT2D eigenvalue weighted by atomic mass is 9.96. The van der Waals surface area contributed by atoms with Gasteiger partial charge in [0.2, 0.25) is 5.56 Å². The number of nitrogens with one attached hydrogen (secondary N) is 1. The Hall–Kier alpha value is -1.58. The Bertz CT molecular complexity index is 392. The van der Waals surface area contributed by atoms with Crippen LogP contribution in [0.3, 0.4) is 0 Å². The summed E-state index contributed by atoms with van der Waals surface area (Å²) in [7, 11) is 0. The first-order valence-corrected chi connectivity index (χ1v) is 4.66. The SMILES string of the molecule is O=C(OC1CCC1)c1cccc(=O)[nH]1. The molecule has 0 saturated heterocycles. The van der Waals surface area contributed by atoms with Gasteiger partial charge in [0.25, 0.3) is 0 Å². The highest BCUT2D eigenvalue weighted by atomic mass is 16.5. The molecule has 1 aromatic rings. The van der Waals surface area contributed by atoms with Crippen molar-refractivity contribution >= 4 is 5.97 Å². The van der Waals surface area contributed by atoms with Crippen molar-refractivity contribution in [3.8, 4) is 0 Å². The number of ether oxygens (including phenoxy) is 1. The van der Waals surface area contributed by atoms with Crippen molar-refractivity contribution in [2.75, 3.05) is 0 Å². The van der Waals surface area contributed by atoms with E-state index in [4.69, 9.17) is 4.74 Å². The van der Waals surface area contributed by atoms with Crippen LogP contribution in [-0.2, 0) is 4.74 Å². The van der Waals surface area contributed by atoms with E-state index in [-0.39, 0.29) is 17.4 Å². The minimum Gasteiger partial charge on any atom is -0.458 e. The van der Waals surface area contributed by atoms with Gasteiger partial charge in [0, 0.05) is 6.07 Å². The third-order valence-corrected chi connectivity index (χ3v) is 2.31. The first-order valence-electron chi connectivity index (χ1n) is 4.66. The summed E-state index contributed by atoms with van der Waals surface area (Å²) in [5.74, 6) is -0.438. The molecule has 4 nitrogen and oxygen atoms in total. The second-order valence-electron chi connectivity index (χ2n) is 3.39. The van der Waals surface area contributed by atoms with E-state index < -0.39 is 5.97 Å². The Morgan fingerprint density at radius 2 is 2.21 bits per heavy atom. The molecular formula is C10H11NO3. The van der Waals surface area contributed by atoms with Crippen molar-refractivity contribution in [1.29, 1.82) is 0 Å². The minimum atomic E-state index is -0.438. The molecule has 1 aliphatic carbocycles. The van der Waals surface area contributed by atoms with Crippen molar-refractivity contribution < 1.29 is 9.53 Å². The molecule has 1 saturated carbocycles.